The first-order chi connectivity index (χ1) is 46.2. The molecule has 2 heterocycles. The number of hydrogen-bond donors (Lipinski definition) is 20. The van der Waals surface area contributed by atoms with Crippen molar-refractivity contribution in [3.05, 3.63) is 72.1 Å². The highest BCUT2D eigenvalue weighted by molar-refractivity contribution is 5.99. The molecule has 25 N–H and O–H groups in total. The molecule has 0 spiro atoms. The lowest BCUT2D eigenvalue weighted by Crippen LogP contribution is -2.60. The maximum absolute atomic E-state index is 14.6. The third-order valence-electron chi connectivity index (χ3n) is 16.6. The Hall–Kier alpha value is -9.20. The molecule has 0 bridgehead atoms. The standard InChI is InChI=1S/C66H105N19O12/c1-7-38(4)55(85-63(94)53(33-42-35-75-47-22-11-9-20-44(42)47)84-57(88)40(6)77-56(87)39(5)78-58(89)45(70)32-41-34-74-46-21-10-8-19-43(41)46)64(95)76-36-54(86)79-52(31-37(2)3)62(93)82-50(26-18-30-73-66(71)72)60(91)80-48(23-12-15-27-67)59(90)81-49(24-13-16-28-68)61(92)83-51(65(96)97)25-14-17-29-69/h8-11,19-22,34-35,37-40,45,48-53,55,74-75H,7,12-18,23-33,36,67-70H2,1-6H3,(H,76,95)(H,77,87)(H,78,89)(H,79,86)(H,80,91)(H,81,90)(H,82,93)(H,83,92)(H,84,88)(H,85,94)(H,96,97)(H4,71,72,73)/t38-,39-,40-,45-,48-,49-,50-,51-,52-,53-,55-/m0/s1. The van der Waals surface area contributed by atoms with E-state index in [0.29, 0.717) is 57.1 Å². The van der Waals surface area contributed by atoms with Gasteiger partial charge in [0, 0.05) is 47.2 Å². The van der Waals surface area contributed by atoms with Gasteiger partial charge in [0.05, 0.1) is 12.6 Å². The number of guanidine groups is 1. The summed E-state index contributed by atoms with van der Waals surface area (Å²) in [5.74, 6) is -9.93. The van der Waals surface area contributed by atoms with Crippen LogP contribution in [0.1, 0.15) is 136 Å². The van der Waals surface area contributed by atoms with E-state index >= 15 is 0 Å². The second kappa shape index (κ2) is 41.7. The highest BCUT2D eigenvalue weighted by Gasteiger charge is 2.36. The number of H-pyrrole nitrogens is 2. The van der Waals surface area contributed by atoms with Gasteiger partial charge in [-0.25, -0.2) is 4.79 Å². The summed E-state index contributed by atoms with van der Waals surface area (Å²) in [6.07, 6.45) is 6.97. The number of benzene rings is 2. The number of carbonyl (C=O) groups excluding carboxylic acids is 10. The quantitative estimate of drug-likeness (QED) is 0.0145. The summed E-state index contributed by atoms with van der Waals surface area (Å²) < 4.78 is 0. The van der Waals surface area contributed by atoms with E-state index in [4.69, 9.17) is 34.1 Å². The molecule has 0 saturated heterocycles. The van der Waals surface area contributed by atoms with E-state index in [1.807, 2.05) is 48.5 Å². The lowest BCUT2D eigenvalue weighted by molar-refractivity contribution is -0.142. The highest BCUT2D eigenvalue weighted by atomic mass is 16.4. The number of hydrogen-bond acceptors (Lipinski definition) is 16. The van der Waals surface area contributed by atoms with E-state index in [1.165, 1.54) is 13.8 Å². The van der Waals surface area contributed by atoms with Gasteiger partial charge in [-0.1, -0.05) is 70.5 Å². The fourth-order valence-electron chi connectivity index (χ4n) is 10.8. The summed E-state index contributed by atoms with van der Waals surface area (Å²) in [6.45, 7) is 10.2. The number of aliphatic carboxylic acids is 1. The average Bonchev–Trinajstić information content (AvgIpc) is 1.73. The number of nitrogens with two attached hydrogens (primary N) is 5. The van der Waals surface area contributed by atoms with E-state index in [9.17, 15) is 57.8 Å². The lowest BCUT2D eigenvalue weighted by Gasteiger charge is -2.28. The number of carbonyl (C=O) groups is 11. The Labute approximate surface area is 566 Å². The Morgan fingerprint density at radius 1 is 0.485 bits per heavy atom. The van der Waals surface area contributed by atoms with Crippen molar-refractivity contribution in [1.29, 1.82) is 5.41 Å². The fourth-order valence-corrected chi connectivity index (χ4v) is 10.8. The SMILES string of the molecule is CC[C@H](C)[C@H](NC(=O)[C@H](Cc1c[nH]c2ccccc12)NC(=O)[C@H](C)NC(=O)[C@H](C)NC(=O)[C@@H](N)Cc1c[nH]c2ccccc12)C(=O)NCC(=O)N[C@@H](CC(C)C)C(=O)N[C@@H](CCCNC(=N)N)C(=O)N[C@@H](CCCCN)C(=O)N[C@@H](CCCCN)C(=O)N[C@@H](CCCCN)C(=O)O. The Morgan fingerprint density at radius 3 is 1.38 bits per heavy atom. The fraction of sp³-hybridized carbons (Fsp3) is 0.576. The maximum atomic E-state index is 14.6. The molecule has 4 rings (SSSR count). The molecule has 0 aliphatic carbocycles. The monoisotopic (exact) mass is 1360 g/mol. The number of para-hydroxylation sites is 2. The number of aromatic amines is 2. The van der Waals surface area contributed by atoms with Crippen molar-refractivity contribution in [3.63, 3.8) is 0 Å². The van der Waals surface area contributed by atoms with E-state index in [-0.39, 0.29) is 82.9 Å². The van der Waals surface area contributed by atoms with Crippen LogP contribution in [-0.2, 0) is 65.6 Å². The summed E-state index contributed by atoms with van der Waals surface area (Å²) in [5, 5.41) is 48.4. The first kappa shape index (κ1) is 80.2. The third-order valence-corrected chi connectivity index (χ3v) is 16.6. The highest BCUT2D eigenvalue weighted by Crippen LogP contribution is 2.21. The molecular formula is C66H105N19O12. The second-order valence-corrected chi connectivity index (χ2v) is 25.0. The normalized spacial score (nSPS) is 14.7. The molecule has 0 unspecified atom stereocenters. The van der Waals surface area contributed by atoms with Gasteiger partial charge in [-0.2, -0.15) is 0 Å². The molecule has 0 radical (unpaired) electrons. The van der Waals surface area contributed by atoms with Crippen molar-refractivity contribution in [2.24, 2.45) is 40.5 Å². The Balaban J connectivity index is 1.49. The van der Waals surface area contributed by atoms with E-state index in [1.54, 1.807) is 40.1 Å². The minimum atomic E-state index is -1.35. The lowest BCUT2D eigenvalue weighted by atomic mass is 9.97. The number of amides is 10. The van der Waals surface area contributed by atoms with Crippen LogP contribution in [0.15, 0.2) is 60.9 Å². The molecule has 0 aliphatic heterocycles. The van der Waals surface area contributed by atoms with E-state index in [0.717, 1.165) is 27.4 Å². The van der Waals surface area contributed by atoms with Gasteiger partial charge in [-0.15, -0.1) is 0 Å². The minimum absolute atomic E-state index is 0.0482. The van der Waals surface area contributed by atoms with Crippen molar-refractivity contribution in [3.8, 4) is 0 Å². The Bertz CT molecular complexity index is 3260. The van der Waals surface area contributed by atoms with Crippen LogP contribution >= 0.6 is 0 Å². The number of aromatic nitrogens is 2. The number of fused-ring (bicyclic) bond motifs is 2. The van der Waals surface area contributed by atoms with Crippen LogP contribution in [0, 0.1) is 17.2 Å². The summed E-state index contributed by atoms with van der Waals surface area (Å²) >= 11 is 0. The van der Waals surface area contributed by atoms with Crippen LogP contribution in [0.5, 0.6) is 0 Å². The van der Waals surface area contributed by atoms with Crippen LogP contribution in [0.2, 0.25) is 0 Å². The molecule has 31 heteroatoms. The average molecular weight is 1360 g/mol. The topological polar surface area (TPSA) is 526 Å². The Kier molecular flexibility index (Phi) is 34.5. The molecule has 2 aromatic carbocycles. The van der Waals surface area contributed by atoms with Gasteiger partial charge in [-0.3, -0.25) is 53.4 Å². The molecule has 536 valence electrons. The molecule has 97 heavy (non-hydrogen) atoms. The molecule has 10 amide bonds. The van der Waals surface area contributed by atoms with E-state index < -0.39 is 138 Å². The van der Waals surface area contributed by atoms with Crippen LogP contribution in [0.4, 0.5) is 0 Å². The number of unbranched alkanes of at least 4 members (excludes halogenated alkanes) is 3. The largest absolute Gasteiger partial charge is 0.480 e. The summed E-state index contributed by atoms with van der Waals surface area (Å²) in [5.41, 5.74) is 32.0. The van der Waals surface area contributed by atoms with Crippen LogP contribution in [0.3, 0.4) is 0 Å². The van der Waals surface area contributed by atoms with Crippen molar-refractivity contribution in [2.75, 3.05) is 32.7 Å². The predicted octanol–water partition coefficient (Wildman–Crippen LogP) is -0.892. The second-order valence-electron chi connectivity index (χ2n) is 25.0. The van der Waals surface area contributed by atoms with Crippen LogP contribution < -0.4 is 87.2 Å². The molecule has 2 aromatic heterocycles. The van der Waals surface area contributed by atoms with Gasteiger partial charge in [0.25, 0.3) is 0 Å². The number of carboxylic acid groups (broad SMARTS) is 1. The summed E-state index contributed by atoms with van der Waals surface area (Å²) in [6, 6.07) is 2.46. The molecule has 11 atom stereocenters. The first-order valence-electron chi connectivity index (χ1n) is 33.5. The third kappa shape index (κ3) is 27.1. The van der Waals surface area contributed by atoms with Crippen molar-refractivity contribution in [2.45, 2.75) is 198 Å². The molecule has 31 nitrogen and oxygen atoms in total. The molecule has 0 fully saturated rings. The van der Waals surface area contributed by atoms with Crippen molar-refractivity contribution in [1.82, 2.24) is 68.5 Å². The zero-order valence-corrected chi connectivity index (χ0v) is 56.7. The summed E-state index contributed by atoms with van der Waals surface area (Å²) in [4.78, 5) is 158. The minimum Gasteiger partial charge on any atom is -0.480 e. The molecule has 4 aromatic rings. The number of nitrogens with one attached hydrogen (secondary N) is 14. The predicted molar refractivity (Wildman–Crippen MR) is 368 cm³/mol. The van der Waals surface area contributed by atoms with Gasteiger partial charge < -0.3 is 102 Å². The summed E-state index contributed by atoms with van der Waals surface area (Å²) in [7, 11) is 0. The smallest absolute Gasteiger partial charge is 0.326 e. The van der Waals surface area contributed by atoms with E-state index in [2.05, 4.69) is 68.5 Å². The van der Waals surface area contributed by atoms with Crippen molar-refractivity contribution < 1.29 is 57.8 Å². The zero-order chi connectivity index (χ0) is 71.7. The molecule has 0 aliphatic rings. The number of carboxylic acids is 1. The number of rotatable bonds is 45. The van der Waals surface area contributed by atoms with Crippen LogP contribution in [0.25, 0.3) is 21.8 Å². The van der Waals surface area contributed by atoms with Gasteiger partial charge in [0.1, 0.15) is 54.4 Å². The zero-order valence-electron chi connectivity index (χ0n) is 56.7. The van der Waals surface area contributed by atoms with Gasteiger partial charge in [-0.05, 0) is 152 Å². The van der Waals surface area contributed by atoms with Gasteiger partial charge in [0.2, 0.25) is 59.1 Å². The molecule has 0 saturated carbocycles. The first-order valence-corrected chi connectivity index (χ1v) is 33.5. The Morgan fingerprint density at radius 2 is 0.907 bits per heavy atom. The van der Waals surface area contributed by atoms with Crippen LogP contribution in [-0.4, -0.2) is 179 Å². The van der Waals surface area contributed by atoms with Crippen molar-refractivity contribution >= 4 is 92.8 Å². The van der Waals surface area contributed by atoms with Gasteiger partial charge in [0.15, 0.2) is 5.96 Å². The molecular weight excluding hydrogens is 1250 g/mol. The maximum Gasteiger partial charge on any atom is 0.326 e. The van der Waals surface area contributed by atoms with Gasteiger partial charge >= 0.3 is 5.97 Å².